The van der Waals surface area contributed by atoms with Gasteiger partial charge in [-0.25, -0.2) is 13.1 Å². The molecule has 3 aromatic rings. The molecular weight excluding hydrogens is 402 g/mol. The Morgan fingerprint density at radius 1 is 1.03 bits per heavy atom. The number of aromatic nitrogens is 3. The van der Waals surface area contributed by atoms with Crippen molar-refractivity contribution in [3.05, 3.63) is 65.6 Å². The van der Waals surface area contributed by atoms with E-state index >= 15 is 0 Å². The van der Waals surface area contributed by atoms with Crippen LogP contribution in [0.1, 0.15) is 30.8 Å². The van der Waals surface area contributed by atoms with Crippen LogP contribution >= 0.6 is 0 Å². The van der Waals surface area contributed by atoms with Crippen molar-refractivity contribution in [1.29, 1.82) is 0 Å². The van der Waals surface area contributed by atoms with E-state index in [1.807, 2.05) is 53.1 Å². The predicted octanol–water partition coefficient (Wildman–Crippen LogP) is 1.42. The number of sulfonamides is 1. The first-order valence-corrected chi connectivity index (χ1v) is 11.3. The summed E-state index contributed by atoms with van der Waals surface area (Å²) < 4.78 is 29.2. The summed E-state index contributed by atoms with van der Waals surface area (Å²) in [6, 6.07) is 13.1. The fourth-order valence-corrected chi connectivity index (χ4v) is 4.54. The Kier molecular flexibility index (Phi) is 7.01. The van der Waals surface area contributed by atoms with Crippen LogP contribution in [0.3, 0.4) is 0 Å². The molecule has 0 saturated heterocycles. The van der Waals surface area contributed by atoms with Gasteiger partial charge in [0.25, 0.3) is 0 Å². The van der Waals surface area contributed by atoms with Gasteiger partial charge in [-0.3, -0.25) is 9.39 Å². The van der Waals surface area contributed by atoms with Crippen molar-refractivity contribution in [2.45, 2.75) is 38.7 Å². The van der Waals surface area contributed by atoms with Gasteiger partial charge < -0.3 is 10.6 Å². The summed E-state index contributed by atoms with van der Waals surface area (Å²) in [6.45, 7) is 4.49. The third kappa shape index (κ3) is 5.77. The second kappa shape index (κ2) is 9.68. The van der Waals surface area contributed by atoms with Crippen molar-refractivity contribution < 1.29 is 8.42 Å². The van der Waals surface area contributed by atoms with Gasteiger partial charge in [-0.1, -0.05) is 30.3 Å². The average Bonchev–Trinajstić information content (AvgIpc) is 3.11. The maximum atomic E-state index is 12.3. The molecule has 0 amide bonds. The highest BCUT2D eigenvalue weighted by molar-refractivity contribution is 7.88. The quantitative estimate of drug-likeness (QED) is 0.369. The van der Waals surface area contributed by atoms with Crippen LogP contribution in [0.5, 0.6) is 0 Å². The van der Waals surface area contributed by atoms with Gasteiger partial charge in [-0.05, 0) is 37.1 Å². The summed E-state index contributed by atoms with van der Waals surface area (Å²) in [4.78, 5) is 4.23. The van der Waals surface area contributed by atoms with Crippen LogP contribution in [0.4, 0.5) is 0 Å². The number of pyridine rings is 1. The van der Waals surface area contributed by atoms with E-state index in [-0.39, 0.29) is 11.8 Å². The van der Waals surface area contributed by atoms with Crippen LogP contribution in [0, 0.1) is 0 Å². The molecule has 30 heavy (non-hydrogen) atoms. The SMILES string of the molecule is CN=C(NCc1ccccc1CS(=O)(=O)NC(C)C)NCc1nnc2ccccn12. The summed E-state index contributed by atoms with van der Waals surface area (Å²) in [7, 11) is -1.72. The Hall–Kier alpha value is -2.98. The third-order valence-corrected chi connectivity index (χ3v) is 5.87. The fourth-order valence-electron chi connectivity index (χ4n) is 3.05. The number of fused-ring (bicyclic) bond motifs is 1. The number of hydrogen-bond donors (Lipinski definition) is 3. The molecule has 160 valence electrons. The number of guanidine groups is 1. The Morgan fingerprint density at radius 3 is 2.47 bits per heavy atom. The number of aliphatic imine (C=N–C) groups is 1. The van der Waals surface area contributed by atoms with Crippen molar-refractivity contribution in [2.75, 3.05) is 7.05 Å². The van der Waals surface area contributed by atoms with Gasteiger partial charge in [0, 0.05) is 25.8 Å². The standard InChI is InChI=1S/C20H27N7O2S/c1-15(2)26-30(28,29)14-17-9-5-4-8-16(17)12-22-20(21-3)23-13-19-25-24-18-10-6-7-11-27(18)19/h4-11,15,26H,12-14H2,1-3H3,(H2,21,22,23). The molecule has 1 aromatic carbocycles. The molecule has 0 bridgehead atoms. The molecule has 0 unspecified atom stereocenters. The molecule has 0 spiro atoms. The van der Waals surface area contributed by atoms with E-state index in [1.54, 1.807) is 20.9 Å². The number of benzene rings is 1. The van der Waals surface area contributed by atoms with E-state index in [0.717, 1.165) is 22.6 Å². The van der Waals surface area contributed by atoms with Gasteiger partial charge in [0.2, 0.25) is 10.0 Å². The highest BCUT2D eigenvalue weighted by Gasteiger charge is 2.15. The van der Waals surface area contributed by atoms with E-state index < -0.39 is 10.0 Å². The van der Waals surface area contributed by atoms with Crippen LogP contribution in [0.15, 0.2) is 53.7 Å². The van der Waals surface area contributed by atoms with Gasteiger partial charge in [0.1, 0.15) is 0 Å². The van der Waals surface area contributed by atoms with Crippen molar-refractivity contribution >= 4 is 21.6 Å². The zero-order valence-corrected chi connectivity index (χ0v) is 18.1. The smallest absolute Gasteiger partial charge is 0.216 e. The maximum absolute atomic E-state index is 12.3. The van der Waals surface area contributed by atoms with Gasteiger partial charge >= 0.3 is 0 Å². The molecule has 10 heteroatoms. The van der Waals surface area contributed by atoms with Gasteiger partial charge in [-0.15, -0.1) is 10.2 Å². The average molecular weight is 430 g/mol. The molecule has 2 heterocycles. The van der Waals surface area contributed by atoms with Crippen LogP contribution in [-0.4, -0.2) is 42.1 Å². The summed E-state index contributed by atoms with van der Waals surface area (Å²) >= 11 is 0. The second-order valence-corrected chi connectivity index (χ2v) is 8.88. The van der Waals surface area contributed by atoms with Crippen LogP contribution in [-0.2, 0) is 28.9 Å². The molecule has 3 rings (SSSR count). The summed E-state index contributed by atoms with van der Waals surface area (Å²) in [5, 5.41) is 14.8. The van der Waals surface area contributed by atoms with Gasteiger partial charge in [-0.2, -0.15) is 0 Å². The van der Waals surface area contributed by atoms with Crippen molar-refractivity contribution in [3.63, 3.8) is 0 Å². The minimum atomic E-state index is -3.40. The Balaban J connectivity index is 1.63. The Morgan fingerprint density at radius 2 is 1.73 bits per heavy atom. The van der Waals surface area contributed by atoms with Crippen molar-refractivity contribution in [2.24, 2.45) is 4.99 Å². The van der Waals surface area contributed by atoms with Crippen molar-refractivity contribution in [3.8, 4) is 0 Å². The summed E-state index contributed by atoms with van der Waals surface area (Å²) in [5.41, 5.74) is 2.42. The summed E-state index contributed by atoms with van der Waals surface area (Å²) in [5.74, 6) is 1.28. The highest BCUT2D eigenvalue weighted by atomic mass is 32.2. The normalized spacial score (nSPS) is 12.5. The Bertz CT molecular complexity index is 1120. The minimum Gasteiger partial charge on any atom is -0.352 e. The van der Waals surface area contributed by atoms with E-state index in [1.165, 1.54) is 0 Å². The number of nitrogens with zero attached hydrogens (tertiary/aromatic N) is 4. The third-order valence-electron chi connectivity index (χ3n) is 4.35. The maximum Gasteiger partial charge on any atom is 0.216 e. The highest BCUT2D eigenvalue weighted by Crippen LogP contribution is 2.12. The van der Waals surface area contributed by atoms with Crippen LogP contribution in [0.25, 0.3) is 5.65 Å². The van der Waals surface area contributed by atoms with Crippen molar-refractivity contribution in [1.82, 2.24) is 30.0 Å². The van der Waals surface area contributed by atoms with Crippen LogP contribution in [0.2, 0.25) is 0 Å². The predicted molar refractivity (Wildman–Crippen MR) is 117 cm³/mol. The molecule has 0 atom stereocenters. The van der Waals surface area contributed by atoms with Gasteiger partial charge in [0.05, 0.1) is 12.3 Å². The lowest BCUT2D eigenvalue weighted by molar-refractivity contribution is 0.568. The lowest BCUT2D eigenvalue weighted by Crippen LogP contribution is -2.37. The lowest BCUT2D eigenvalue weighted by atomic mass is 10.1. The molecule has 0 aliphatic rings. The molecule has 0 fully saturated rings. The van der Waals surface area contributed by atoms with E-state index in [2.05, 4.69) is 30.5 Å². The minimum absolute atomic E-state index is 0.0687. The fraction of sp³-hybridized carbons (Fsp3) is 0.350. The molecule has 0 radical (unpaired) electrons. The molecule has 0 aliphatic carbocycles. The molecule has 3 N–H and O–H groups in total. The molecule has 0 aliphatic heterocycles. The second-order valence-electron chi connectivity index (χ2n) is 7.12. The number of nitrogens with one attached hydrogen (secondary N) is 3. The summed E-state index contributed by atoms with van der Waals surface area (Å²) in [6.07, 6.45) is 1.91. The largest absolute Gasteiger partial charge is 0.352 e. The first-order valence-electron chi connectivity index (χ1n) is 9.68. The lowest BCUT2D eigenvalue weighted by Gasteiger charge is -2.15. The monoisotopic (exact) mass is 429 g/mol. The topological polar surface area (TPSA) is 113 Å². The molecule has 2 aromatic heterocycles. The Labute approximate surface area is 176 Å². The van der Waals surface area contributed by atoms with Gasteiger partial charge in [0.15, 0.2) is 17.4 Å². The first-order chi connectivity index (χ1) is 14.4. The molecular formula is C20H27N7O2S. The van der Waals surface area contributed by atoms with E-state index in [9.17, 15) is 8.42 Å². The molecule has 0 saturated carbocycles. The molecule has 9 nitrogen and oxygen atoms in total. The first kappa shape index (κ1) is 21.7. The zero-order valence-electron chi connectivity index (χ0n) is 17.3. The zero-order chi connectivity index (χ0) is 21.6. The van der Waals surface area contributed by atoms with E-state index in [0.29, 0.717) is 19.0 Å². The van der Waals surface area contributed by atoms with E-state index in [4.69, 9.17) is 0 Å². The number of rotatable bonds is 8. The van der Waals surface area contributed by atoms with Crippen LogP contribution < -0.4 is 15.4 Å². The number of hydrogen-bond acceptors (Lipinski definition) is 5.